The Morgan fingerprint density at radius 1 is 1.31 bits per heavy atom. The second-order valence-electron chi connectivity index (χ2n) is 4.08. The highest BCUT2D eigenvalue weighted by Crippen LogP contribution is 2.04. The predicted molar refractivity (Wildman–Crippen MR) is 66.4 cm³/mol. The number of likely N-dealkylation sites (N-methyl/N-ethyl adjacent to an activating group) is 1. The van der Waals surface area contributed by atoms with Gasteiger partial charge in [0.25, 0.3) is 0 Å². The normalized spacial score (nSPS) is 14.9. The smallest absolute Gasteiger partial charge is 0.309 e. The Kier molecular flexibility index (Phi) is 8.21. The lowest BCUT2D eigenvalue weighted by Crippen LogP contribution is -2.41. The molecule has 2 unspecified atom stereocenters. The molecule has 0 aliphatic carbocycles. The lowest BCUT2D eigenvalue weighted by molar-refractivity contribution is -0.145. The van der Waals surface area contributed by atoms with Crippen molar-refractivity contribution in [3.8, 4) is 0 Å². The molecule has 0 aliphatic rings. The number of nitrogens with one attached hydrogen (secondary N) is 1. The van der Waals surface area contributed by atoms with E-state index in [0.717, 1.165) is 26.2 Å². The summed E-state index contributed by atoms with van der Waals surface area (Å²) in [6, 6.07) is 0.156. The van der Waals surface area contributed by atoms with Gasteiger partial charge in [-0.1, -0.05) is 20.8 Å². The van der Waals surface area contributed by atoms with Gasteiger partial charge < -0.3 is 15.0 Å². The summed E-state index contributed by atoms with van der Waals surface area (Å²) < 4.78 is 4.71. The molecule has 0 aromatic carbocycles. The number of hydrogen-bond donors (Lipinski definition) is 1. The Hall–Kier alpha value is -0.610. The Morgan fingerprint density at radius 3 is 2.31 bits per heavy atom. The number of rotatable bonds is 8. The van der Waals surface area contributed by atoms with Crippen LogP contribution in [-0.4, -0.2) is 50.2 Å². The molecule has 4 nitrogen and oxygen atoms in total. The van der Waals surface area contributed by atoms with E-state index in [-0.39, 0.29) is 17.9 Å². The monoisotopic (exact) mass is 230 g/mol. The number of carbonyl (C=O) groups is 1. The molecular weight excluding hydrogens is 204 g/mol. The van der Waals surface area contributed by atoms with Gasteiger partial charge in [0, 0.05) is 19.1 Å². The zero-order valence-corrected chi connectivity index (χ0v) is 11.2. The van der Waals surface area contributed by atoms with Crippen molar-refractivity contribution in [1.29, 1.82) is 0 Å². The minimum atomic E-state index is -0.150. The average molecular weight is 230 g/mol. The maximum atomic E-state index is 11.3. The summed E-state index contributed by atoms with van der Waals surface area (Å²) >= 11 is 0. The van der Waals surface area contributed by atoms with Crippen LogP contribution in [0.2, 0.25) is 0 Å². The van der Waals surface area contributed by atoms with Gasteiger partial charge in [-0.3, -0.25) is 4.79 Å². The van der Waals surface area contributed by atoms with Gasteiger partial charge in [0.15, 0.2) is 0 Å². The summed E-state index contributed by atoms with van der Waals surface area (Å²) in [5.41, 5.74) is 0. The predicted octanol–water partition coefficient (Wildman–Crippen LogP) is 1.12. The standard InChI is InChI=1S/C12H26N2O2/c1-6-14(7-2)9-8-13-11(4)10(3)12(15)16-5/h10-11,13H,6-9H2,1-5H3. The third-order valence-electron chi connectivity index (χ3n) is 3.11. The summed E-state index contributed by atoms with van der Waals surface area (Å²) in [6.07, 6.45) is 0. The maximum Gasteiger partial charge on any atom is 0.309 e. The molecule has 0 saturated heterocycles. The number of ether oxygens (including phenoxy) is 1. The molecule has 1 N–H and O–H groups in total. The Labute approximate surface area is 99.3 Å². The van der Waals surface area contributed by atoms with Gasteiger partial charge in [-0.05, 0) is 20.0 Å². The minimum absolute atomic E-state index is 0.0956. The van der Waals surface area contributed by atoms with Crippen molar-refractivity contribution in [2.24, 2.45) is 5.92 Å². The van der Waals surface area contributed by atoms with E-state index in [1.807, 2.05) is 13.8 Å². The number of hydrogen-bond acceptors (Lipinski definition) is 4. The molecule has 0 aliphatic heterocycles. The average Bonchev–Trinajstić information content (AvgIpc) is 2.32. The van der Waals surface area contributed by atoms with Crippen molar-refractivity contribution in [2.75, 3.05) is 33.3 Å². The fraction of sp³-hybridized carbons (Fsp3) is 0.917. The van der Waals surface area contributed by atoms with Crippen molar-refractivity contribution in [1.82, 2.24) is 10.2 Å². The number of esters is 1. The maximum absolute atomic E-state index is 11.3. The molecule has 16 heavy (non-hydrogen) atoms. The molecule has 0 aromatic rings. The van der Waals surface area contributed by atoms with E-state index >= 15 is 0 Å². The number of methoxy groups -OCH3 is 1. The van der Waals surface area contributed by atoms with E-state index < -0.39 is 0 Å². The van der Waals surface area contributed by atoms with Gasteiger partial charge in [-0.2, -0.15) is 0 Å². The van der Waals surface area contributed by atoms with Crippen LogP contribution in [0.1, 0.15) is 27.7 Å². The molecule has 2 atom stereocenters. The fourth-order valence-corrected chi connectivity index (χ4v) is 1.56. The van der Waals surface area contributed by atoms with Gasteiger partial charge in [-0.15, -0.1) is 0 Å². The van der Waals surface area contributed by atoms with E-state index in [2.05, 4.69) is 24.1 Å². The molecule has 0 fully saturated rings. The second-order valence-corrected chi connectivity index (χ2v) is 4.08. The lowest BCUT2D eigenvalue weighted by atomic mass is 10.0. The zero-order chi connectivity index (χ0) is 12.6. The van der Waals surface area contributed by atoms with Crippen LogP contribution in [0.15, 0.2) is 0 Å². The summed E-state index contributed by atoms with van der Waals surface area (Å²) in [7, 11) is 1.43. The summed E-state index contributed by atoms with van der Waals surface area (Å²) in [4.78, 5) is 13.6. The highest BCUT2D eigenvalue weighted by atomic mass is 16.5. The van der Waals surface area contributed by atoms with E-state index in [1.165, 1.54) is 7.11 Å². The van der Waals surface area contributed by atoms with Crippen LogP contribution in [0.5, 0.6) is 0 Å². The largest absolute Gasteiger partial charge is 0.469 e. The molecule has 0 rings (SSSR count). The Morgan fingerprint density at radius 2 is 1.88 bits per heavy atom. The van der Waals surface area contributed by atoms with Gasteiger partial charge in [-0.25, -0.2) is 0 Å². The lowest BCUT2D eigenvalue weighted by Gasteiger charge is -2.22. The van der Waals surface area contributed by atoms with Crippen molar-refractivity contribution >= 4 is 5.97 Å². The quantitative estimate of drug-likeness (QED) is 0.634. The van der Waals surface area contributed by atoms with E-state index in [1.54, 1.807) is 0 Å². The van der Waals surface area contributed by atoms with Crippen molar-refractivity contribution < 1.29 is 9.53 Å². The Bertz CT molecular complexity index is 193. The summed E-state index contributed by atoms with van der Waals surface area (Å²) in [5.74, 6) is -0.246. The molecule has 0 aromatic heterocycles. The van der Waals surface area contributed by atoms with Crippen molar-refractivity contribution in [3.05, 3.63) is 0 Å². The number of carbonyl (C=O) groups excluding carboxylic acids is 1. The molecule has 0 heterocycles. The second kappa shape index (κ2) is 8.53. The molecule has 0 spiro atoms. The van der Waals surface area contributed by atoms with Crippen LogP contribution in [0.4, 0.5) is 0 Å². The van der Waals surface area contributed by atoms with Crippen LogP contribution >= 0.6 is 0 Å². The first kappa shape index (κ1) is 15.4. The molecular formula is C12H26N2O2. The van der Waals surface area contributed by atoms with Gasteiger partial charge in [0.05, 0.1) is 13.0 Å². The fourth-order valence-electron chi connectivity index (χ4n) is 1.56. The third-order valence-corrected chi connectivity index (χ3v) is 3.11. The molecule has 0 saturated carbocycles. The molecule has 4 heteroatoms. The topological polar surface area (TPSA) is 41.6 Å². The SMILES string of the molecule is CCN(CC)CCNC(C)C(C)C(=O)OC. The van der Waals surface area contributed by atoms with Crippen LogP contribution in [0, 0.1) is 5.92 Å². The van der Waals surface area contributed by atoms with Crippen LogP contribution in [0.3, 0.4) is 0 Å². The Balaban J connectivity index is 3.80. The number of nitrogens with zero attached hydrogens (tertiary/aromatic N) is 1. The van der Waals surface area contributed by atoms with Crippen LogP contribution in [-0.2, 0) is 9.53 Å². The minimum Gasteiger partial charge on any atom is -0.469 e. The van der Waals surface area contributed by atoms with E-state index in [9.17, 15) is 4.79 Å². The van der Waals surface area contributed by atoms with Crippen LogP contribution < -0.4 is 5.32 Å². The molecule has 0 bridgehead atoms. The van der Waals surface area contributed by atoms with Crippen molar-refractivity contribution in [3.63, 3.8) is 0 Å². The zero-order valence-electron chi connectivity index (χ0n) is 11.2. The molecule has 96 valence electrons. The van der Waals surface area contributed by atoms with Crippen molar-refractivity contribution in [2.45, 2.75) is 33.7 Å². The van der Waals surface area contributed by atoms with Gasteiger partial charge in [0.1, 0.15) is 0 Å². The first-order valence-electron chi connectivity index (χ1n) is 6.10. The summed E-state index contributed by atoms with van der Waals surface area (Å²) in [5, 5.41) is 3.35. The van der Waals surface area contributed by atoms with E-state index in [0.29, 0.717) is 0 Å². The first-order chi connectivity index (χ1) is 7.56. The van der Waals surface area contributed by atoms with Crippen LogP contribution in [0.25, 0.3) is 0 Å². The molecule has 0 radical (unpaired) electrons. The van der Waals surface area contributed by atoms with Gasteiger partial charge >= 0.3 is 5.97 Å². The highest BCUT2D eigenvalue weighted by Gasteiger charge is 2.19. The summed E-state index contributed by atoms with van der Waals surface area (Å²) in [6.45, 7) is 12.3. The molecule has 0 amide bonds. The van der Waals surface area contributed by atoms with E-state index in [4.69, 9.17) is 4.74 Å². The van der Waals surface area contributed by atoms with Gasteiger partial charge in [0.2, 0.25) is 0 Å². The highest BCUT2D eigenvalue weighted by molar-refractivity contribution is 5.72. The first-order valence-corrected chi connectivity index (χ1v) is 6.10. The third kappa shape index (κ3) is 5.47.